The van der Waals surface area contributed by atoms with E-state index >= 15 is 0 Å². The Morgan fingerprint density at radius 3 is 2.55 bits per heavy atom. The summed E-state index contributed by atoms with van der Waals surface area (Å²) in [5.41, 5.74) is 1.40. The minimum Gasteiger partial charge on any atom is -0.556 e. The minimum absolute atomic E-state index is 0.325. The van der Waals surface area contributed by atoms with Crippen molar-refractivity contribution in [1.29, 1.82) is 0 Å². The number of pyridine rings is 1. The number of nitrogens with zero attached hydrogens (tertiary/aromatic N) is 1. The van der Waals surface area contributed by atoms with Gasteiger partial charge in [-0.05, 0) is 35.3 Å². The molecule has 0 unspecified atom stereocenters. The molecule has 0 aliphatic heterocycles. The van der Waals surface area contributed by atoms with E-state index in [0.717, 1.165) is 11.5 Å². The largest absolute Gasteiger partial charge is 0.556 e. The molecule has 2 nitrogen and oxygen atoms in total. The number of fused-ring (bicyclic) bond motifs is 1. The summed E-state index contributed by atoms with van der Waals surface area (Å²) in [7, 11) is 1.36. The third kappa shape index (κ3) is 2.98. The van der Waals surface area contributed by atoms with Gasteiger partial charge in [-0.15, -0.1) is 6.58 Å². The van der Waals surface area contributed by atoms with E-state index in [1.807, 2.05) is 24.3 Å². The van der Waals surface area contributed by atoms with E-state index in [0.29, 0.717) is 22.3 Å². The van der Waals surface area contributed by atoms with Crippen LogP contribution in [0.4, 0.5) is 8.78 Å². The molecule has 1 radical (unpaired) electrons. The maximum absolute atomic E-state index is 13.2. The lowest BCUT2D eigenvalue weighted by molar-refractivity contribution is 0.582. The maximum Gasteiger partial charge on any atom is 0.408 e. The van der Waals surface area contributed by atoms with Crippen molar-refractivity contribution >= 4 is 23.9 Å². The van der Waals surface area contributed by atoms with Crippen molar-refractivity contribution < 1.29 is 13.4 Å². The van der Waals surface area contributed by atoms with Crippen LogP contribution in [0.25, 0.3) is 16.4 Å². The molecule has 0 saturated heterocycles. The number of rotatable bonds is 4. The first kappa shape index (κ1) is 14.3. The first-order chi connectivity index (χ1) is 10.6. The van der Waals surface area contributed by atoms with Gasteiger partial charge in [-0.3, -0.25) is 4.98 Å². The average molecular weight is 294 g/mol. The van der Waals surface area contributed by atoms with E-state index in [4.69, 9.17) is 4.65 Å². The van der Waals surface area contributed by atoms with Crippen LogP contribution in [0.3, 0.4) is 0 Å². The molecule has 107 valence electrons. The molecular formula is C17H11BF2NO. The fraction of sp³-hybridized carbons (Fsp3) is 0. The van der Waals surface area contributed by atoms with E-state index in [9.17, 15) is 8.78 Å². The molecule has 0 atom stereocenters. The minimum atomic E-state index is -0.656. The highest BCUT2D eigenvalue weighted by molar-refractivity contribution is 6.55. The quantitative estimate of drug-likeness (QED) is 0.673. The summed E-state index contributed by atoms with van der Waals surface area (Å²) in [4.78, 5) is 4.27. The summed E-state index contributed by atoms with van der Waals surface area (Å²) in [5, 5.41) is 0.941. The molecule has 0 bridgehead atoms. The summed E-state index contributed by atoms with van der Waals surface area (Å²) in [6, 6.07) is 12.5. The molecule has 5 heteroatoms. The number of halogens is 2. The SMILES string of the molecule is C=C([B]Oc1cccc2cccnc12)c1cc(F)cc(F)c1. The van der Waals surface area contributed by atoms with E-state index in [1.54, 1.807) is 12.3 Å². The fourth-order valence-electron chi connectivity index (χ4n) is 2.11. The molecule has 0 saturated carbocycles. The fourth-order valence-corrected chi connectivity index (χ4v) is 2.11. The van der Waals surface area contributed by atoms with E-state index in [2.05, 4.69) is 11.6 Å². The molecule has 22 heavy (non-hydrogen) atoms. The molecule has 2 aromatic carbocycles. The van der Waals surface area contributed by atoms with Gasteiger partial charge < -0.3 is 4.65 Å². The van der Waals surface area contributed by atoms with Crippen molar-refractivity contribution in [3.8, 4) is 5.75 Å². The van der Waals surface area contributed by atoms with Crippen molar-refractivity contribution in [2.24, 2.45) is 0 Å². The van der Waals surface area contributed by atoms with Crippen LogP contribution in [0, 0.1) is 11.6 Å². The maximum atomic E-state index is 13.2. The van der Waals surface area contributed by atoms with Crippen LogP contribution in [0.15, 0.2) is 61.3 Å². The summed E-state index contributed by atoms with van der Waals surface area (Å²) in [6.07, 6.45) is 1.67. The monoisotopic (exact) mass is 294 g/mol. The summed E-state index contributed by atoms with van der Waals surface area (Å²) < 4.78 is 32.0. The zero-order valence-electron chi connectivity index (χ0n) is 11.6. The standard InChI is InChI=1S/C17H11BF2NO/c1-11(13-8-14(19)10-15(20)9-13)18-22-16-6-2-4-12-5-3-7-21-17(12)16/h2-10H,1H2. The lowest BCUT2D eigenvalue weighted by Gasteiger charge is -2.09. The molecule has 0 aliphatic carbocycles. The number of hydrogen-bond acceptors (Lipinski definition) is 2. The first-order valence-electron chi connectivity index (χ1n) is 6.62. The van der Waals surface area contributed by atoms with Crippen molar-refractivity contribution in [3.05, 3.63) is 78.5 Å². The van der Waals surface area contributed by atoms with Crippen LogP contribution >= 0.6 is 0 Å². The lowest BCUT2D eigenvalue weighted by atomic mass is 9.83. The zero-order chi connectivity index (χ0) is 15.5. The van der Waals surface area contributed by atoms with Gasteiger partial charge in [-0.1, -0.05) is 18.2 Å². The Hall–Kier alpha value is -2.69. The smallest absolute Gasteiger partial charge is 0.408 e. The van der Waals surface area contributed by atoms with Gasteiger partial charge in [0.25, 0.3) is 0 Å². The molecule has 0 amide bonds. The molecular weight excluding hydrogens is 283 g/mol. The third-order valence-corrected chi connectivity index (χ3v) is 3.16. The van der Waals surface area contributed by atoms with Crippen LogP contribution < -0.4 is 4.65 Å². The van der Waals surface area contributed by atoms with Crippen LogP contribution in [0.1, 0.15) is 5.56 Å². The second kappa shape index (κ2) is 5.97. The molecule has 0 fully saturated rings. The van der Waals surface area contributed by atoms with Crippen LogP contribution in [-0.4, -0.2) is 12.5 Å². The lowest BCUT2D eigenvalue weighted by Crippen LogP contribution is -2.06. The predicted molar refractivity (Wildman–Crippen MR) is 83.5 cm³/mol. The van der Waals surface area contributed by atoms with Gasteiger partial charge in [0.1, 0.15) is 22.9 Å². The molecule has 1 heterocycles. The van der Waals surface area contributed by atoms with E-state index in [-0.39, 0.29) is 0 Å². The highest BCUT2D eigenvalue weighted by atomic mass is 19.1. The van der Waals surface area contributed by atoms with Gasteiger partial charge in [-0.2, -0.15) is 0 Å². The molecule has 0 aliphatic rings. The van der Waals surface area contributed by atoms with Crippen LogP contribution in [0.2, 0.25) is 0 Å². The normalized spacial score (nSPS) is 10.5. The summed E-state index contributed by atoms with van der Waals surface area (Å²) in [5.74, 6) is -0.760. The third-order valence-electron chi connectivity index (χ3n) is 3.16. The molecule has 0 N–H and O–H groups in total. The molecule has 3 rings (SSSR count). The molecule has 1 aromatic heterocycles. The van der Waals surface area contributed by atoms with Crippen LogP contribution in [0.5, 0.6) is 5.75 Å². The van der Waals surface area contributed by atoms with E-state index in [1.165, 1.54) is 19.6 Å². The zero-order valence-corrected chi connectivity index (χ0v) is 11.6. The van der Waals surface area contributed by atoms with Gasteiger partial charge in [0, 0.05) is 17.6 Å². The topological polar surface area (TPSA) is 22.1 Å². The number of para-hydroxylation sites is 1. The summed E-state index contributed by atoms with van der Waals surface area (Å²) >= 11 is 0. The highest BCUT2D eigenvalue weighted by Gasteiger charge is 2.10. The van der Waals surface area contributed by atoms with Gasteiger partial charge in [0.15, 0.2) is 0 Å². The Balaban J connectivity index is 1.80. The van der Waals surface area contributed by atoms with Crippen molar-refractivity contribution in [2.45, 2.75) is 0 Å². The van der Waals surface area contributed by atoms with Crippen molar-refractivity contribution in [3.63, 3.8) is 0 Å². The second-order valence-electron chi connectivity index (χ2n) is 4.75. The van der Waals surface area contributed by atoms with E-state index < -0.39 is 11.6 Å². The molecule has 3 aromatic rings. The highest BCUT2D eigenvalue weighted by Crippen LogP contribution is 2.24. The first-order valence-corrected chi connectivity index (χ1v) is 6.62. The summed E-state index contributed by atoms with van der Waals surface area (Å²) in [6.45, 7) is 3.77. The number of hydrogen-bond donors (Lipinski definition) is 0. The Kier molecular flexibility index (Phi) is 3.87. The Bertz CT molecular complexity index is 825. The predicted octanol–water partition coefficient (Wildman–Crippen LogP) is 4.18. The molecule has 0 spiro atoms. The Morgan fingerprint density at radius 1 is 1.05 bits per heavy atom. The Labute approximate surface area is 127 Å². The van der Waals surface area contributed by atoms with Gasteiger partial charge in [0.2, 0.25) is 0 Å². The van der Waals surface area contributed by atoms with Gasteiger partial charge in [0.05, 0.1) is 0 Å². The Morgan fingerprint density at radius 2 is 1.77 bits per heavy atom. The van der Waals surface area contributed by atoms with Crippen LogP contribution in [-0.2, 0) is 0 Å². The van der Waals surface area contributed by atoms with Crippen molar-refractivity contribution in [2.75, 3.05) is 0 Å². The average Bonchev–Trinajstić information content (AvgIpc) is 2.51. The van der Waals surface area contributed by atoms with Crippen molar-refractivity contribution in [1.82, 2.24) is 4.98 Å². The van der Waals surface area contributed by atoms with Gasteiger partial charge >= 0.3 is 7.48 Å². The number of aromatic nitrogens is 1. The second-order valence-corrected chi connectivity index (χ2v) is 4.75. The van der Waals surface area contributed by atoms with Gasteiger partial charge in [-0.25, -0.2) is 8.78 Å². The number of benzene rings is 2.